The second kappa shape index (κ2) is 6.63. The van der Waals surface area contributed by atoms with Crippen molar-refractivity contribution >= 4 is 23.5 Å². The van der Waals surface area contributed by atoms with Crippen molar-refractivity contribution in [2.24, 2.45) is 5.41 Å². The first kappa shape index (κ1) is 18.2. The summed E-state index contributed by atoms with van der Waals surface area (Å²) in [6, 6.07) is 4.76. The van der Waals surface area contributed by atoms with E-state index in [9.17, 15) is 14.4 Å². The summed E-state index contributed by atoms with van der Waals surface area (Å²) < 4.78 is 5.32. The molecule has 1 unspecified atom stereocenters. The second-order valence-corrected chi connectivity index (χ2v) is 7.80. The Kier molecular flexibility index (Phi) is 4.64. The van der Waals surface area contributed by atoms with Crippen LogP contribution in [0.1, 0.15) is 39.2 Å². The fourth-order valence-electron chi connectivity index (χ4n) is 3.27. The first-order chi connectivity index (χ1) is 12.2. The van der Waals surface area contributed by atoms with Gasteiger partial charge in [-0.05, 0) is 30.5 Å². The van der Waals surface area contributed by atoms with Crippen molar-refractivity contribution in [2.75, 3.05) is 19.0 Å². The van der Waals surface area contributed by atoms with E-state index < -0.39 is 5.41 Å². The molecular formula is C19H25N3O4. The van der Waals surface area contributed by atoms with Crippen molar-refractivity contribution in [3.63, 3.8) is 0 Å². The molecular weight excluding hydrogens is 334 g/mol. The Balaban J connectivity index is 1.81. The smallest absolute Gasteiger partial charge is 0.327 e. The highest BCUT2D eigenvalue weighted by Crippen LogP contribution is 2.31. The summed E-state index contributed by atoms with van der Waals surface area (Å²) >= 11 is 0. The van der Waals surface area contributed by atoms with Gasteiger partial charge in [0.2, 0.25) is 5.91 Å². The molecule has 0 radical (unpaired) electrons. The lowest BCUT2D eigenvalue weighted by molar-refractivity contribution is -0.128. The molecule has 2 heterocycles. The Morgan fingerprint density at radius 3 is 2.65 bits per heavy atom. The molecule has 140 valence electrons. The molecule has 1 N–H and O–H groups in total. The number of fused-ring (bicyclic) bond motifs is 1. The number of imide groups is 1. The number of nitrogens with one attached hydrogen (secondary N) is 1. The van der Waals surface area contributed by atoms with Gasteiger partial charge in [0.1, 0.15) is 11.8 Å². The summed E-state index contributed by atoms with van der Waals surface area (Å²) in [6.45, 7) is 6.31. The molecule has 2 aliphatic heterocycles. The maximum absolute atomic E-state index is 12.5. The molecule has 2 fully saturated rings. The average Bonchev–Trinajstić information content (AvgIpc) is 3.14. The number of nitrogens with zero attached hydrogens (tertiary/aromatic N) is 2. The lowest BCUT2D eigenvalue weighted by Crippen LogP contribution is -2.32. The lowest BCUT2D eigenvalue weighted by atomic mass is 9.95. The predicted molar refractivity (Wildman–Crippen MR) is 96.8 cm³/mol. The van der Waals surface area contributed by atoms with E-state index in [0.29, 0.717) is 18.0 Å². The third kappa shape index (κ3) is 3.25. The standard InChI is InChI=1S/C19H25N3O4/c1-19(2,3)17(24)20-13-10-12(7-8-15(13)26-4)11-22-16(23)14-6-5-9-21(14)18(22)25/h7-8,10,14H,5-6,9,11H2,1-4H3,(H,20,24). The van der Waals surface area contributed by atoms with Gasteiger partial charge in [0.25, 0.3) is 5.91 Å². The van der Waals surface area contributed by atoms with E-state index in [0.717, 1.165) is 18.4 Å². The highest BCUT2D eigenvalue weighted by atomic mass is 16.5. The number of rotatable bonds is 4. The van der Waals surface area contributed by atoms with Crippen molar-refractivity contribution in [2.45, 2.75) is 46.2 Å². The highest BCUT2D eigenvalue weighted by molar-refractivity contribution is 6.04. The van der Waals surface area contributed by atoms with E-state index in [4.69, 9.17) is 4.74 Å². The monoisotopic (exact) mass is 359 g/mol. The minimum Gasteiger partial charge on any atom is -0.495 e. The van der Waals surface area contributed by atoms with Gasteiger partial charge in [-0.1, -0.05) is 26.8 Å². The molecule has 1 aromatic rings. The van der Waals surface area contributed by atoms with Crippen LogP contribution in [0.15, 0.2) is 18.2 Å². The number of benzene rings is 1. The van der Waals surface area contributed by atoms with Crippen LogP contribution in [0.25, 0.3) is 0 Å². The molecule has 0 spiro atoms. The van der Waals surface area contributed by atoms with Crippen LogP contribution in [0.2, 0.25) is 0 Å². The number of ether oxygens (including phenoxy) is 1. The van der Waals surface area contributed by atoms with Crippen molar-refractivity contribution < 1.29 is 19.1 Å². The Labute approximate surface area is 153 Å². The van der Waals surface area contributed by atoms with Crippen molar-refractivity contribution in [3.05, 3.63) is 23.8 Å². The minimum atomic E-state index is -0.549. The summed E-state index contributed by atoms with van der Waals surface area (Å²) in [6.07, 6.45) is 1.61. The Bertz CT molecular complexity index is 732. The van der Waals surface area contributed by atoms with Gasteiger partial charge in [-0.2, -0.15) is 0 Å². The number of urea groups is 1. The fraction of sp³-hybridized carbons (Fsp3) is 0.526. The molecule has 0 aliphatic carbocycles. The van der Waals surface area contributed by atoms with E-state index in [1.54, 1.807) is 23.1 Å². The topological polar surface area (TPSA) is 79.0 Å². The van der Waals surface area contributed by atoms with Crippen LogP contribution in [0, 0.1) is 5.41 Å². The minimum absolute atomic E-state index is 0.136. The maximum Gasteiger partial charge on any atom is 0.327 e. The van der Waals surface area contributed by atoms with Crippen LogP contribution in [-0.4, -0.2) is 47.3 Å². The van der Waals surface area contributed by atoms with Gasteiger partial charge in [0.05, 0.1) is 19.3 Å². The van der Waals surface area contributed by atoms with Crippen molar-refractivity contribution in [1.29, 1.82) is 0 Å². The molecule has 0 aromatic heterocycles. The van der Waals surface area contributed by atoms with Crippen LogP contribution in [0.3, 0.4) is 0 Å². The number of hydrogen-bond donors (Lipinski definition) is 1. The van der Waals surface area contributed by atoms with E-state index >= 15 is 0 Å². The molecule has 2 aliphatic rings. The largest absolute Gasteiger partial charge is 0.495 e. The van der Waals surface area contributed by atoms with Gasteiger partial charge in [-0.3, -0.25) is 14.5 Å². The van der Waals surface area contributed by atoms with Gasteiger partial charge in [-0.15, -0.1) is 0 Å². The Morgan fingerprint density at radius 2 is 2.04 bits per heavy atom. The second-order valence-electron chi connectivity index (χ2n) is 7.80. The zero-order valence-electron chi connectivity index (χ0n) is 15.7. The number of hydrogen-bond acceptors (Lipinski definition) is 4. The molecule has 7 nitrogen and oxygen atoms in total. The zero-order chi connectivity index (χ0) is 19.1. The number of amides is 4. The molecule has 0 saturated carbocycles. The SMILES string of the molecule is COc1ccc(CN2C(=O)C3CCCN3C2=O)cc1NC(=O)C(C)(C)C. The summed E-state index contributed by atoms with van der Waals surface area (Å²) in [5, 5.41) is 2.87. The number of carbonyl (C=O) groups is 3. The molecule has 7 heteroatoms. The van der Waals surface area contributed by atoms with Crippen LogP contribution in [0.4, 0.5) is 10.5 Å². The van der Waals surface area contributed by atoms with E-state index in [1.165, 1.54) is 12.0 Å². The predicted octanol–water partition coefficient (Wildman–Crippen LogP) is 2.61. The number of methoxy groups -OCH3 is 1. The first-order valence-corrected chi connectivity index (χ1v) is 8.82. The quantitative estimate of drug-likeness (QED) is 0.838. The molecule has 1 atom stereocenters. The lowest BCUT2D eigenvalue weighted by Gasteiger charge is -2.20. The third-order valence-electron chi connectivity index (χ3n) is 4.81. The van der Waals surface area contributed by atoms with Crippen LogP contribution >= 0.6 is 0 Å². The first-order valence-electron chi connectivity index (χ1n) is 8.82. The highest BCUT2D eigenvalue weighted by Gasteiger charge is 2.47. The molecule has 1 aromatic carbocycles. The normalized spacial score (nSPS) is 19.8. The van der Waals surface area contributed by atoms with E-state index in [-0.39, 0.29) is 30.4 Å². The number of carbonyl (C=O) groups excluding carboxylic acids is 3. The summed E-state index contributed by atoms with van der Waals surface area (Å²) in [5.74, 6) is 0.261. The molecule has 0 bridgehead atoms. The molecule has 3 rings (SSSR count). The summed E-state index contributed by atoms with van der Waals surface area (Å²) in [7, 11) is 1.53. The average molecular weight is 359 g/mol. The third-order valence-corrected chi connectivity index (χ3v) is 4.81. The van der Waals surface area contributed by atoms with Gasteiger partial charge >= 0.3 is 6.03 Å². The van der Waals surface area contributed by atoms with Crippen molar-refractivity contribution in [1.82, 2.24) is 9.80 Å². The molecule has 4 amide bonds. The van der Waals surface area contributed by atoms with E-state index in [1.807, 2.05) is 20.8 Å². The maximum atomic E-state index is 12.5. The van der Waals surface area contributed by atoms with Crippen LogP contribution < -0.4 is 10.1 Å². The van der Waals surface area contributed by atoms with Gasteiger partial charge in [0.15, 0.2) is 0 Å². The molecule has 26 heavy (non-hydrogen) atoms. The van der Waals surface area contributed by atoms with E-state index in [2.05, 4.69) is 5.32 Å². The van der Waals surface area contributed by atoms with Gasteiger partial charge in [0, 0.05) is 12.0 Å². The zero-order valence-corrected chi connectivity index (χ0v) is 15.7. The molecule has 2 saturated heterocycles. The Morgan fingerprint density at radius 1 is 1.31 bits per heavy atom. The summed E-state index contributed by atoms with van der Waals surface area (Å²) in [4.78, 5) is 40.2. The number of anilines is 1. The Hall–Kier alpha value is -2.57. The van der Waals surface area contributed by atoms with Crippen LogP contribution in [-0.2, 0) is 16.1 Å². The van der Waals surface area contributed by atoms with Gasteiger partial charge in [-0.25, -0.2) is 4.79 Å². The van der Waals surface area contributed by atoms with Crippen LogP contribution in [0.5, 0.6) is 5.75 Å². The van der Waals surface area contributed by atoms with Crippen molar-refractivity contribution in [3.8, 4) is 5.75 Å². The van der Waals surface area contributed by atoms with Gasteiger partial charge < -0.3 is 15.0 Å². The summed E-state index contributed by atoms with van der Waals surface area (Å²) in [5.41, 5.74) is 0.745. The fourth-order valence-corrected chi connectivity index (χ4v) is 3.27.